The van der Waals surface area contributed by atoms with Gasteiger partial charge in [-0.15, -0.1) is 0 Å². The smallest absolute Gasteiger partial charge is 0.313 e. The quantitative estimate of drug-likeness (QED) is 0.736. The summed E-state index contributed by atoms with van der Waals surface area (Å²) in [6.45, 7) is 6.22. The number of ether oxygens (including phenoxy) is 4. The van der Waals surface area contributed by atoms with E-state index in [-0.39, 0.29) is 0 Å². The van der Waals surface area contributed by atoms with E-state index in [1.54, 1.807) is 20.8 Å². The first kappa shape index (κ1) is 15.9. The fraction of sp³-hybridized carbons (Fsp3) is 0.833. The number of esters is 2. The van der Waals surface area contributed by atoms with Crippen LogP contribution in [0.4, 0.5) is 0 Å². The third kappa shape index (κ3) is 3.89. The standard InChI is InChI=1S/C12H20O7/c1-6(13)17-8-7(14)9(16-5)18-10(8)19-11(15)12(2,3)4/h7-10,14H,1-5H3/t7-,8?,9-,10+/m0/s1. The summed E-state index contributed by atoms with van der Waals surface area (Å²) < 4.78 is 20.1. The zero-order chi connectivity index (χ0) is 14.8. The lowest BCUT2D eigenvalue weighted by atomic mass is 9.97. The number of rotatable bonds is 3. The molecule has 19 heavy (non-hydrogen) atoms. The van der Waals surface area contributed by atoms with Crippen LogP contribution in [0.2, 0.25) is 0 Å². The molecule has 1 saturated heterocycles. The predicted octanol–water partition coefficient (Wildman–Crippen LogP) is 0.197. The Kier molecular flexibility index (Phi) is 4.89. The van der Waals surface area contributed by atoms with Crippen LogP contribution in [0.5, 0.6) is 0 Å². The molecular weight excluding hydrogens is 256 g/mol. The van der Waals surface area contributed by atoms with Crippen molar-refractivity contribution in [3.05, 3.63) is 0 Å². The summed E-state index contributed by atoms with van der Waals surface area (Å²) >= 11 is 0. The molecule has 0 aromatic rings. The average molecular weight is 276 g/mol. The van der Waals surface area contributed by atoms with Gasteiger partial charge in [-0.3, -0.25) is 9.59 Å². The van der Waals surface area contributed by atoms with Gasteiger partial charge in [-0.05, 0) is 20.8 Å². The maximum Gasteiger partial charge on any atom is 0.313 e. The predicted molar refractivity (Wildman–Crippen MR) is 62.8 cm³/mol. The van der Waals surface area contributed by atoms with Crippen molar-refractivity contribution in [3.63, 3.8) is 0 Å². The van der Waals surface area contributed by atoms with Crippen LogP contribution in [0.15, 0.2) is 0 Å². The molecular formula is C12H20O7. The van der Waals surface area contributed by atoms with E-state index in [9.17, 15) is 14.7 Å². The molecule has 0 bridgehead atoms. The molecule has 0 radical (unpaired) electrons. The Balaban J connectivity index is 2.79. The van der Waals surface area contributed by atoms with Crippen LogP contribution in [0.25, 0.3) is 0 Å². The third-order valence-electron chi connectivity index (χ3n) is 2.52. The highest BCUT2D eigenvalue weighted by molar-refractivity contribution is 5.75. The topological polar surface area (TPSA) is 91.3 Å². The number of carbonyl (C=O) groups is 2. The summed E-state index contributed by atoms with van der Waals surface area (Å²) in [6.07, 6.45) is -4.52. The van der Waals surface area contributed by atoms with Crippen molar-refractivity contribution in [2.24, 2.45) is 5.41 Å². The van der Waals surface area contributed by atoms with Crippen molar-refractivity contribution in [2.75, 3.05) is 7.11 Å². The number of hydrogen-bond donors (Lipinski definition) is 1. The van der Waals surface area contributed by atoms with Gasteiger partial charge in [-0.25, -0.2) is 0 Å². The lowest BCUT2D eigenvalue weighted by Gasteiger charge is -2.23. The minimum atomic E-state index is -1.22. The largest absolute Gasteiger partial charge is 0.453 e. The summed E-state index contributed by atoms with van der Waals surface area (Å²) in [5, 5.41) is 9.87. The zero-order valence-corrected chi connectivity index (χ0v) is 11.7. The van der Waals surface area contributed by atoms with Gasteiger partial charge in [-0.2, -0.15) is 0 Å². The van der Waals surface area contributed by atoms with Gasteiger partial charge in [0.15, 0.2) is 12.4 Å². The van der Waals surface area contributed by atoms with E-state index in [2.05, 4.69) is 0 Å². The molecule has 1 fully saturated rings. The molecule has 0 aromatic carbocycles. The molecule has 0 aliphatic carbocycles. The number of hydrogen-bond acceptors (Lipinski definition) is 7. The molecule has 1 aliphatic rings. The van der Waals surface area contributed by atoms with E-state index in [1.807, 2.05) is 0 Å². The number of carbonyl (C=O) groups excluding carboxylic acids is 2. The first-order chi connectivity index (χ1) is 8.66. The Morgan fingerprint density at radius 2 is 1.74 bits per heavy atom. The molecule has 1 N–H and O–H groups in total. The normalized spacial score (nSPS) is 31.1. The van der Waals surface area contributed by atoms with Crippen molar-refractivity contribution in [1.82, 2.24) is 0 Å². The van der Waals surface area contributed by atoms with Crippen LogP contribution >= 0.6 is 0 Å². The highest BCUT2D eigenvalue weighted by atomic mass is 16.8. The summed E-state index contributed by atoms with van der Waals surface area (Å²) in [5.74, 6) is -1.14. The van der Waals surface area contributed by atoms with Crippen LogP contribution in [0.3, 0.4) is 0 Å². The average Bonchev–Trinajstić information content (AvgIpc) is 2.55. The van der Waals surface area contributed by atoms with Gasteiger partial charge in [0.25, 0.3) is 0 Å². The summed E-state index contributed by atoms with van der Waals surface area (Å²) in [7, 11) is 1.33. The van der Waals surface area contributed by atoms with Crippen molar-refractivity contribution >= 4 is 11.9 Å². The second-order valence-electron chi connectivity index (χ2n) is 5.33. The van der Waals surface area contributed by atoms with E-state index in [4.69, 9.17) is 18.9 Å². The van der Waals surface area contributed by atoms with Gasteiger partial charge < -0.3 is 24.1 Å². The molecule has 1 heterocycles. The molecule has 0 amide bonds. The molecule has 110 valence electrons. The lowest BCUT2D eigenvalue weighted by Crippen LogP contribution is -2.40. The molecule has 0 spiro atoms. The van der Waals surface area contributed by atoms with Gasteiger partial charge in [-0.1, -0.05) is 0 Å². The summed E-state index contributed by atoms with van der Waals surface area (Å²) in [6, 6.07) is 0. The Bertz CT molecular complexity index is 346. The SMILES string of the molecule is CO[C@H]1O[C@H](OC(=O)C(C)(C)C)C(OC(C)=O)[C@@H]1O. The Morgan fingerprint density at radius 1 is 1.16 bits per heavy atom. The molecule has 4 atom stereocenters. The van der Waals surface area contributed by atoms with Gasteiger partial charge in [0.2, 0.25) is 6.29 Å². The molecule has 1 rings (SSSR count). The first-order valence-electron chi connectivity index (χ1n) is 5.91. The highest BCUT2D eigenvalue weighted by Crippen LogP contribution is 2.28. The molecule has 7 nitrogen and oxygen atoms in total. The Hall–Kier alpha value is -1.18. The fourth-order valence-electron chi connectivity index (χ4n) is 1.49. The second kappa shape index (κ2) is 5.85. The summed E-state index contributed by atoms with van der Waals surface area (Å²) in [4.78, 5) is 22.8. The van der Waals surface area contributed by atoms with Crippen LogP contribution in [0, 0.1) is 5.41 Å². The van der Waals surface area contributed by atoms with E-state index in [0.29, 0.717) is 0 Å². The lowest BCUT2D eigenvalue weighted by molar-refractivity contribution is -0.223. The van der Waals surface area contributed by atoms with Crippen LogP contribution in [-0.2, 0) is 28.5 Å². The summed E-state index contributed by atoms with van der Waals surface area (Å²) in [5.41, 5.74) is -0.736. The van der Waals surface area contributed by atoms with E-state index >= 15 is 0 Å². The number of aliphatic hydroxyl groups excluding tert-OH is 1. The van der Waals surface area contributed by atoms with Crippen LogP contribution < -0.4 is 0 Å². The van der Waals surface area contributed by atoms with Gasteiger partial charge in [0.1, 0.15) is 6.10 Å². The molecule has 1 unspecified atom stereocenters. The van der Waals surface area contributed by atoms with E-state index < -0.39 is 42.1 Å². The minimum Gasteiger partial charge on any atom is -0.453 e. The van der Waals surface area contributed by atoms with Crippen molar-refractivity contribution in [3.8, 4) is 0 Å². The molecule has 1 aliphatic heterocycles. The zero-order valence-electron chi connectivity index (χ0n) is 11.7. The highest BCUT2D eigenvalue weighted by Gasteiger charge is 2.49. The van der Waals surface area contributed by atoms with Crippen LogP contribution in [0.1, 0.15) is 27.7 Å². The maximum atomic E-state index is 11.8. The molecule has 0 saturated carbocycles. The van der Waals surface area contributed by atoms with E-state index in [1.165, 1.54) is 14.0 Å². The monoisotopic (exact) mass is 276 g/mol. The molecule has 0 aromatic heterocycles. The molecule has 7 heteroatoms. The first-order valence-corrected chi connectivity index (χ1v) is 5.91. The van der Waals surface area contributed by atoms with Gasteiger partial charge in [0.05, 0.1) is 5.41 Å². The van der Waals surface area contributed by atoms with E-state index in [0.717, 1.165) is 0 Å². The Morgan fingerprint density at radius 3 is 2.16 bits per heavy atom. The number of methoxy groups -OCH3 is 1. The van der Waals surface area contributed by atoms with Crippen molar-refractivity contribution in [2.45, 2.75) is 52.5 Å². The van der Waals surface area contributed by atoms with Crippen molar-refractivity contribution in [1.29, 1.82) is 0 Å². The Labute approximate surface area is 111 Å². The van der Waals surface area contributed by atoms with Gasteiger partial charge in [0, 0.05) is 14.0 Å². The third-order valence-corrected chi connectivity index (χ3v) is 2.52. The van der Waals surface area contributed by atoms with Crippen molar-refractivity contribution < 1.29 is 33.6 Å². The fourth-order valence-corrected chi connectivity index (χ4v) is 1.49. The maximum absolute atomic E-state index is 11.8. The van der Waals surface area contributed by atoms with Crippen LogP contribution in [-0.4, -0.2) is 48.9 Å². The minimum absolute atomic E-state index is 0.529. The number of aliphatic hydroxyl groups is 1. The van der Waals surface area contributed by atoms with Gasteiger partial charge >= 0.3 is 11.9 Å². The second-order valence-corrected chi connectivity index (χ2v) is 5.33.